The van der Waals surface area contributed by atoms with Gasteiger partial charge in [-0.15, -0.1) is 0 Å². The molecule has 0 bridgehead atoms. The van der Waals surface area contributed by atoms with Crippen LogP contribution in [0.2, 0.25) is 0 Å². The first kappa shape index (κ1) is 22.7. The highest BCUT2D eigenvalue weighted by Gasteiger charge is 2.26. The Hall–Kier alpha value is -5.11. The van der Waals surface area contributed by atoms with Crippen LogP contribution in [0.5, 0.6) is 0 Å². The number of anilines is 1. The summed E-state index contributed by atoms with van der Waals surface area (Å²) in [6.07, 6.45) is 2.16. The Morgan fingerprint density at radius 1 is 0.861 bits per heavy atom. The number of amides is 1. The number of para-hydroxylation sites is 1. The third-order valence-electron chi connectivity index (χ3n) is 5.59. The number of fused-ring (bicyclic) bond motifs is 1. The first-order valence-electron chi connectivity index (χ1n) is 11.2. The minimum absolute atomic E-state index is 0.201. The number of pyridine rings is 1. The van der Waals surface area contributed by atoms with Gasteiger partial charge in [-0.05, 0) is 35.4 Å². The SMILES string of the molecule is N=C(O/C(N)=N/C1N=C(c2ccccc2)c2ccccc2NC1=O)c1ccccc1-c1ccncc1. The number of rotatable bonds is 4. The summed E-state index contributed by atoms with van der Waals surface area (Å²) in [7, 11) is 0. The first-order chi connectivity index (χ1) is 17.6. The minimum atomic E-state index is -1.20. The van der Waals surface area contributed by atoms with Gasteiger partial charge in [-0.1, -0.05) is 66.7 Å². The molecule has 176 valence electrons. The number of amidine groups is 1. The summed E-state index contributed by atoms with van der Waals surface area (Å²) in [6, 6.07) is 27.6. The highest BCUT2D eigenvalue weighted by atomic mass is 16.5. The number of hydrogen-bond acceptors (Lipinski definition) is 6. The van der Waals surface area contributed by atoms with Crippen LogP contribution < -0.4 is 11.1 Å². The molecule has 1 atom stereocenters. The lowest BCUT2D eigenvalue weighted by molar-refractivity contribution is -0.117. The van der Waals surface area contributed by atoms with Crippen molar-refractivity contribution < 1.29 is 9.53 Å². The second-order valence-corrected chi connectivity index (χ2v) is 7.93. The molecular weight excluding hydrogens is 452 g/mol. The maximum Gasteiger partial charge on any atom is 0.291 e. The Balaban J connectivity index is 1.46. The van der Waals surface area contributed by atoms with Crippen LogP contribution in [0.3, 0.4) is 0 Å². The van der Waals surface area contributed by atoms with Crippen LogP contribution in [0.1, 0.15) is 16.7 Å². The van der Waals surface area contributed by atoms with Crippen LogP contribution in [-0.4, -0.2) is 34.7 Å². The van der Waals surface area contributed by atoms with Gasteiger partial charge in [0.05, 0.1) is 11.4 Å². The van der Waals surface area contributed by atoms with Crippen LogP contribution in [0.25, 0.3) is 11.1 Å². The number of nitrogens with two attached hydrogens (primary N) is 1. The molecule has 1 aromatic heterocycles. The molecule has 1 aliphatic rings. The number of carbonyl (C=O) groups excluding carboxylic acids is 1. The summed E-state index contributed by atoms with van der Waals surface area (Å²) in [5.41, 5.74) is 11.1. The smallest absolute Gasteiger partial charge is 0.291 e. The van der Waals surface area contributed by atoms with Gasteiger partial charge in [0.2, 0.25) is 12.1 Å². The summed E-state index contributed by atoms with van der Waals surface area (Å²) in [5, 5.41) is 11.4. The van der Waals surface area contributed by atoms with Crippen molar-refractivity contribution in [2.45, 2.75) is 6.17 Å². The van der Waals surface area contributed by atoms with Crippen LogP contribution >= 0.6 is 0 Å². The third-order valence-corrected chi connectivity index (χ3v) is 5.59. The van der Waals surface area contributed by atoms with Crippen LogP contribution in [-0.2, 0) is 9.53 Å². The molecule has 8 heteroatoms. The van der Waals surface area contributed by atoms with Gasteiger partial charge in [0.15, 0.2) is 0 Å². The van der Waals surface area contributed by atoms with Gasteiger partial charge in [0, 0.05) is 29.1 Å². The van der Waals surface area contributed by atoms with E-state index in [2.05, 4.69) is 20.3 Å². The molecule has 0 fully saturated rings. The van der Waals surface area contributed by atoms with Crippen molar-refractivity contribution in [2.75, 3.05) is 5.32 Å². The lowest BCUT2D eigenvalue weighted by Gasteiger charge is -2.12. The fraction of sp³-hybridized carbons (Fsp3) is 0.0357. The van der Waals surface area contributed by atoms with E-state index in [0.29, 0.717) is 17.0 Å². The van der Waals surface area contributed by atoms with Gasteiger partial charge in [-0.2, -0.15) is 4.99 Å². The molecule has 0 radical (unpaired) electrons. The number of hydrogen-bond donors (Lipinski definition) is 3. The molecule has 5 rings (SSSR count). The largest absolute Gasteiger partial charge is 0.407 e. The number of benzodiazepines with no additional fused rings is 1. The third kappa shape index (κ3) is 4.74. The summed E-state index contributed by atoms with van der Waals surface area (Å²) in [6.45, 7) is 0. The first-order valence-corrected chi connectivity index (χ1v) is 11.2. The van der Waals surface area contributed by atoms with Crippen molar-refractivity contribution in [2.24, 2.45) is 15.7 Å². The summed E-state index contributed by atoms with van der Waals surface area (Å²) in [4.78, 5) is 25.9. The molecule has 0 saturated heterocycles. The van der Waals surface area contributed by atoms with Crippen molar-refractivity contribution in [3.05, 3.63) is 120 Å². The van der Waals surface area contributed by atoms with Crippen molar-refractivity contribution in [1.29, 1.82) is 5.41 Å². The number of nitrogens with one attached hydrogen (secondary N) is 2. The van der Waals surface area contributed by atoms with E-state index in [1.54, 1.807) is 24.5 Å². The molecule has 2 heterocycles. The zero-order chi connectivity index (χ0) is 24.9. The van der Waals surface area contributed by atoms with Crippen molar-refractivity contribution in [1.82, 2.24) is 4.98 Å². The maximum absolute atomic E-state index is 13.0. The second-order valence-electron chi connectivity index (χ2n) is 7.93. The van der Waals surface area contributed by atoms with E-state index in [1.807, 2.05) is 78.9 Å². The Labute approximate surface area is 207 Å². The number of nitrogens with zero attached hydrogens (tertiary/aromatic N) is 3. The molecule has 8 nitrogen and oxygen atoms in total. The highest BCUT2D eigenvalue weighted by molar-refractivity contribution is 6.19. The minimum Gasteiger partial charge on any atom is -0.407 e. The van der Waals surface area contributed by atoms with Crippen LogP contribution in [0.4, 0.5) is 5.69 Å². The molecule has 3 aromatic carbocycles. The monoisotopic (exact) mass is 474 g/mol. The van der Waals surface area contributed by atoms with E-state index >= 15 is 0 Å². The van der Waals surface area contributed by atoms with Gasteiger partial charge in [0.25, 0.3) is 11.9 Å². The van der Waals surface area contributed by atoms with Crippen LogP contribution in [0.15, 0.2) is 113 Å². The van der Waals surface area contributed by atoms with Crippen molar-refractivity contribution in [3.8, 4) is 11.1 Å². The lowest BCUT2D eigenvalue weighted by Crippen LogP contribution is -2.29. The molecule has 4 N–H and O–H groups in total. The molecule has 36 heavy (non-hydrogen) atoms. The van der Waals surface area contributed by atoms with E-state index in [-0.39, 0.29) is 11.9 Å². The molecule has 1 aliphatic heterocycles. The van der Waals surface area contributed by atoms with Gasteiger partial charge >= 0.3 is 0 Å². The second kappa shape index (κ2) is 10.0. The number of ether oxygens (including phenoxy) is 1. The van der Waals surface area contributed by atoms with Gasteiger partial charge in [0.1, 0.15) is 0 Å². The average molecular weight is 475 g/mol. The van der Waals surface area contributed by atoms with Gasteiger partial charge < -0.3 is 15.8 Å². The Morgan fingerprint density at radius 2 is 1.53 bits per heavy atom. The van der Waals surface area contributed by atoms with E-state index in [0.717, 1.165) is 22.3 Å². The Morgan fingerprint density at radius 3 is 2.31 bits per heavy atom. The van der Waals surface area contributed by atoms with Crippen molar-refractivity contribution >= 4 is 29.2 Å². The predicted molar refractivity (Wildman–Crippen MR) is 140 cm³/mol. The number of carbonyl (C=O) groups is 1. The highest BCUT2D eigenvalue weighted by Crippen LogP contribution is 2.25. The maximum atomic E-state index is 13.0. The van der Waals surface area contributed by atoms with Gasteiger partial charge in [-0.3, -0.25) is 15.2 Å². The van der Waals surface area contributed by atoms with E-state index in [9.17, 15) is 4.79 Å². The van der Waals surface area contributed by atoms with E-state index in [1.165, 1.54) is 0 Å². The molecule has 0 aliphatic carbocycles. The predicted octanol–water partition coefficient (Wildman–Crippen LogP) is 4.22. The Kier molecular flexibility index (Phi) is 6.31. The molecule has 4 aromatic rings. The number of aromatic nitrogens is 1. The van der Waals surface area contributed by atoms with E-state index < -0.39 is 12.1 Å². The molecular formula is C28H22N6O2. The molecule has 0 saturated carbocycles. The van der Waals surface area contributed by atoms with E-state index in [4.69, 9.17) is 15.9 Å². The zero-order valence-electron chi connectivity index (χ0n) is 19.1. The fourth-order valence-electron chi connectivity index (χ4n) is 3.93. The lowest BCUT2D eigenvalue weighted by atomic mass is 10.0. The summed E-state index contributed by atoms with van der Waals surface area (Å²) < 4.78 is 5.55. The normalized spacial score (nSPS) is 15.2. The molecule has 1 amide bonds. The number of aliphatic imine (C=N–C) groups is 2. The fourth-order valence-corrected chi connectivity index (χ4v) is 3.93. The average Bonchev–Trinajstić information content (AvgIpc) is 3.05. The quantitative estimate of drug-likeness (QED) is 0.302. The van der Waals surface area contributed by atoms with Gasteiger partial charge in [-0.25, -0.2) is 4.99 Å². The topological polar surface area (TPSA) is 126 Å². The summed E-state index contributed by atoms with van der Waals surface area (Å²) >= 11 is 0. The summed E-state index contributed by atoms with van der Waals surface area (Å²) in [5.74, 6) is -0.656. The molecule has 0 spiro atoms. The number of benzene rings is 3. The van der Waals surface area contributed by atoms with Crippen molar-refractivity contribution in [3.63, 3.8) is 0 Å². The Bertz CT molecular complexity index is 1480. The van der Waals surface area contributed by atoms with Crippen LogP contribution in [0, 0.1) is 5.41 Å². The molecule has 1 unspecified atom stereocenters. The zero-order valence-corrected chi connectivity index (χ0v) is 19.1. The standard InChI is InChI=1S/C28H22N6O2/c29-25(21-11-5-4-10-20(21)18-14-16-31-17-15-18)36-28(30)34-26-27(35)32-23-13-7-6-12-22(23)24(33-26)19-8-2-1-3-9-19/h1-17,26,29H,(H2,30,34)(H,32,35).